The van der Waals surface area contributed by atoms with Gasteiger partial charge in [0.15, 0.2) is 0 Å². The van der Waals surface area contributed by atoms with Gasteiger partial charge in [0.2, 0.25) is 0 Å². The van der Waals surface area contributed by atoms with Crippen molar-refractivity contribution in [2.24, 2.45) is 5.92 Å². The third-order valence-corrected chi connectivity index (χ3v) is 5.46. The second-order valence-corrected chi connectivity index (χ2v) is 6.31. The maximum atomic E-state index is 9.84. The smallest absolute Gasteiger partial charge is 0.0669 e. The minimum absolute atomic E-state index is 0.108. The first-order chi connectivity index (χ1) is 7.84. The average Bonchev–Trinajstić information content (AvgIpc) is 2.88. The fourth-order valence-corrected chi connectivity index (χ4v) is 4.52. The van der Waals surface area contributed by atoms with Crippen molar-refractivity contribution in [1.82, 2.24) is 0 Å². The Morgan fingerprint density at radius 1 is 1.25 bits per heavy atom. The Kier molecular flexibility index (Phi) is 2.92. The Morgan fingerprint density at radius 3 is 2.94 bits per heavy atom. The zero-order valence-corrected chi connectivity index (χ0v) is 10.6. The summed E-state index contributed by atoms with van der Waals surface area (Å²) in [7, 11) is 0. The molecule has 3 heteroatoms. The van der Waals surface area contributed by atoms with E-state index in [-0.39, 0.29) is 6.10 Å². The van der Waals surface area contributed by atoms with Crippen LogP contribution in [0.3, 0.4) is 0 Å². The molecule has 16 heavy (non-hydrogen) atoms. The van der Waals surface area contributed by atoms with E-state index in [4.69, 9.17) is 0 Å². The first-order valence-corrected chi connectivity index (χ1v) is 7.59. The van der Waals surface area contributed by atoms with Crippen LogP contribution in [-0.2, 0) is 6.42 Å². The van der Waals surface area contributed by atoms with Crippen LogP contribution >= 0.6 is 23.1 Å². The molecule has 1 aromatic heterocycles. The SMILES string of the molecule is OC1CSCC1Cc1csc2ccccc12. The van der Waals surface area contributed by atoms with Crippen LogP contribution in [0.25, 0.3) is 10.1 Å². The Bertz CT molecular complexity index is 491. The molecule has 2 unspecified atom stereocenters. The number of hydrogen-bond acceptors (Lipinski definition) is 3. The van der Waals surface area contributed by atoms with E-state index in [0.717, 1.165) is 17.9 Å². The van der Waals surface area contributed by atoms with Gasteiger partial charge in [0.1, 0.15) is 0 Å². The van der Waals surface area contributed by atoms with Gasteiger partial charge in [-0.1, -0.05) is 18.2 Å². The topological polar surface area (TPSA) is 20.2 Å². The highest BCUT2D eigenvalue weighted by Crippen LogP contribution is 2.32. The molecule has 0 saturated carbocycles. The third kappa shape index (κ3) is 1.88. The summed E-state index contributed by atoms with van der Waals surface area (Å²) in [4.78, 5) is 0. The van der Waals surface area contributed by atoms with Gasteiger partial charge in [0.05, 0.1) is 6.10 Å². The number of aliphatic hydroxyl groups excluding tert-OH is 1. The van der Waals surface area contributed by atoms with E-state index in [1.54, 1.807) is 0 Å². The third-order valence-electron chi connectivity index (χ3n) is 3.21. The minimum atomic E-state index is -0.108. The van der Waals surface area contributed by atoms with Crippen LogP contribution in [0.4, 0.5) is 0 Å². The number of benzene rings is 1. The molecule has 0 amide bonds. The molecule has 0 spiro atoms. The second-order valence-electron chi connectivity index (χ2n) is 4.33. The summed E-state index contributed by atoms with van der Waals surface area (Å²) in [6, 6.07) is 8.54. The lowest BCUT2D eigenvalue weighted by Gasteiger charge is -2.12. The molecule has 2 atom stereocenters. The molecule has 1 aliphatic rings. The standard InChI is InChI=1S/C13H14OS2/c14-12-8-15-6-10(12)5-9-7-16-13-4-2-1-3-11(9)13/h1-4,7,10,12,14H,5-6,8H2. The molecule has 84 valence electrons. The van der Waals surface area contributed by atoms with Crippen molar-refractivity contribution in [3.05, 3.63) is 35.2 Å². The molecule has 1 fully saturated rings. The normalized spacial score (nSPS) is 25.3. The number of aliphatic hydroxyl groups is 1. The molecule has 0 aliphatic carbocycles. The predicted octanol–water partition coefficient (Wildman–Crippen LogP) is 3.17. The molecule has 0 radical (unpaired) electrons. The first kappa shape index (κ1) is 10.6. The van der Waals surface area contributed by atoms with E-state index < -0.39 is 0 Å². The van der Waals surface area contributed by atoms with E-state index in [1.165, 1.54) is 15.6 Å². The summed E-state index contributed by atoms with van der Waals surface area (Å²) in [5.41, 5.74) is 1.41. The highest BCUT2D eigenvalue weighted by Gasteiger charge is 2.26. The highest BCUT2D eigenvalue weighted by molar-refractivity contribution is 7.99. The molecule has 1 N–H and O–H groups in total. The highest BCUT2D eigenvalue weighted by atomic mass is 32.2. The van der Waals surface area contributed by atoms with E-state index in [2.05, 4.69) is 29.6 Å². The maximum absolute atomic E-state index is 9.84. The van der Waals surface area contributed by atoms with Crippen LogP contribution < -0.4 is 0 Å². The second kappa shape index (κ2) is 4.40. The zero-order valence-electron chi connectivity index (χ0n) is 8.93. The summed E-state index contributed by atoms with van der Waals surface area (Å²) in [6.45, 7) is 0. The zero-order chi connectivity index (χ0) is 11.0. The molecular weight excluding hydrogens is 236 g/mol. The molecule has 0 bridgehead atoms. The molecule has 1 nitrogen and oxygen atoms in total. The quantitative estimate of drug-likeness (QED) is 0.883. The van der Waals surface area contributed by atoms with Crippen LogP contribution in [0.2, 0.25) is 0 Å². The summed E-state index contributed by atoms with van der Waals surface area (Å²) in [6.07, 6.45) is 0.918. The number of thiophene rings is 1. The van der Waals surface area contributed by atoms with Gasteiger partial charge in [-0.3, -0.25) is 0 Å². The van der Waals surface area contributed by atoms with E-state index in [0.29, 0.717) is 5.92 Å². The van der Waals surface area contributed by atoms with Crippen molar-refractivity contribution >= 4 is 33.2 Å². The Labute approximate surface area is 103 Å². The lowest BCUT2D eigenvalue weighted by atomic mass is 9.96. The van der Waals surface area contributed by atoms with Crippen LogP contribution in [0, 0.1) is 5.92 Å². The number of hydrogen-bond donors (Lipinski definition) is 1. The first-order valence-electron chi connectivity index (χ1n) is 5.55. The van der Waals surface area contributed by atoms with Crippen molar-refractivity contribution in [3.8, 4) is 0 Å². The van der Waals surface area contributed by atoms with Crippen molar-refractivity contribution < 1.29 is 5.11 Å². The van der Waals surface area contributed by atoms with Gasteiger partial charge in [-0.25, -0.2) is 0 Å². The average molecular weight is 250 g/mol. The van der Waals surface area contributed by atoms with Gasteiger partial charge in [-0.05, 0) is 40.5 Å². The number of thioether (sulfide) groups is 1. The monoisotopic (exact) mass is 250 g/mol. The summed E-state index contributed by atoms with van der Waals surface area (Å²) < 4.78 is 1.36. The molecular formula is C13H14OS2. The molecule has 3 rings (SSSR count). The van der Waals surface area contributed by atoms with Crippen LogP contribution in [0.5, 0.6) is 0 Å². The molecule has 1 aromatic carbocycles. The van der Waals surface area contributed by atoms with Gasteiger partial charge in [0, 0.05) is 10.5 Å². The Morgan fingerprint density at radius 2 is 2.12 bits per heavy atom. The van der Waals surface area contributed by atoms with Crippen LogP contribution in [0.1, 0.15) is 5.56 Å². The summed E-state index contributed by atoms with van der Waals surface area (Å²) >= 11 is 3.68. The van der Waals surface area contributed by atoms with Crippen LogP contribution in [-0.4, -0.2) is 22.7 Å². The van der Waals surface area contributed by atoms with Crippen molar-refractivity contribution in [1.29, 1.82) is 0 Å². The van der Waals surface area contributed by atoms with E-state index in [9.17, 15) is 5.11 Å². The minimum Gasteiger partial charge on any atom is -0.392 e. The fraction of sp³-hybridized carbons (Fsp3) is 0.385. The molecule has 2 aromatic rings. The van der Waals surface area contributed by atoms with Gasteiger partial charge < -0.3 is 5.11 Å². The van der Waals surface area contributed by atoms with Gasteiger partial charge in [-0.15, -0.1) is 11.3 Å². The summed E-state index contributed by atoms with van der Waals surface area (Å²) in [5, 5.41) is 13.5. The lowest BCUT2D eigenvalue weighted by Crippen LogP contribution is -2.19. The molecule has 2 heterocycles. The van der Waals surface area contributed by atoms with Gasteiger partial charge in [0.25, 0.3) is 0 Å². The van der Waals surface area contributed by atoms with E-state index in [1.807, 2.05) is 23.1 Å². The summed E-state index contributed by atoms with van der Waals surface area (Å²) in [5.74, 6) is 2.46. The fourth-order valence-electron chi connectivity index (χ4n) is 2.26. The largest absolute Gasteiger partial charge is 0.392 e. The van der Waals surface area contributed by atoms with Crippen molar-refractivity contribution in [2.45, 2.75) is 12.5 Å². The maximum Gasteiger partial charge on any atom is 0.0669 e. The Hall–Kier alpha value is -0.510. The molecule has 1 aliphatic heterocycles. The van der Waals surface area contributed by atoms with Crippen molar-refractivity contribution in [2.75, 3.05) is 11.5 Å². The Balaban J connectivity index is 1.89. The molecule has 1 saturated heterocycles. The van der Waals surface area contributed by atoms with E-state index >= 15 is 0 Å². The van der Waals surface area contributed by atoms with Gasteiger partial charge >= 0.3 is 0 Å². The number of rotatable bonds is 2. The number of fused-ring (bicyclic) bond motifs is 1. The lowest BCUT2D eigenvalue weighted by molar-refractivity contribution is 0.150. The van der Waals surface area contributed by atoms with Crippen LogP contribution in [0.15, 0.2) is 29.6 Å². The van der Waals surface area contributed by atoms with Gasteiger partial charge in [-0.2, -0.15) is 11.8 Å². The van der Waals surface area contributed by atoms with Crippen molar-refractivity contribution in [3.63, 3.8) is 0 Å². The predicted molar refractivity (Wildman–Crippen MR) is 72.4 cm³/mol.